The predicted octanol–water partition coefficient (Wildman–Crippen LogP) is 3.25. The highest BCUT2D eigenvalue weighted by atomic mass is 79.9. The molecule has 1 unspecified atom stereocenters. The maximum atomic E-state index is 12.8. The number of alkyl halides is 2. The van der Waals surface area contributed by atoms with Crippen molar-refractivity contribution in [2.24, 2.45) is 0 Å². The van der Waals surface area contributed by atoms with Gasteiger partial charge in [0.2, 0.25) is 5.91 Å². The SMILES string of the molecule is CSCCC(NC(=O)c1ccccc1Br)C(=O)NCCc1nccn1C(F)F. The molecule has 6 nitrogen and oxygen atoms in total. The molecule has 2 N–H and O–H groups in total. The van der Waals surface area contributed by atoms with E-state index in [0.29, 0.717) is 22.2 Å². The van der Waals surface area contributed by atoms with E-state index in [1.54, 1.807) is 36.0 Å². The Morgan fingerprint density at radius 1 is 1.32 bits per heavy atom. The van der Waals surface area contributed by atoms with Crippen molar-refractivity contribution in [3.8, 4) is 0 Å². The van der Waals surface area contributed by atoms with Crippen molar-refractivity contribution in [3.05, 3.63) is 52.5 Å². The van der Waals surface area contributed by atoms with E-state index in [1.807, 2.05) is 6.26 Å². The van der Waals surface area contributed by atoms with Gasteiger partial charge in [-0.15, -0.1) is 0 Å². The Kier molecular flexibility index (Phi) is 8.91. The Morgan fingerprint density at radius 2 is 2.07 bits per heavy atom. The summed E-state index contributed by atoms with van der Waals surface area (Å²) in [6.07, 6.45) is 5.02. The predicted molar refractivity (Wildman–Crippen MR) is 109 cm³/mol. The number of nitrogens with one attached hydrogen (secondary N) is 2. The van der Waals surface area contributed by atoms with Gasteiger partial charge in [0.05, 0.1) is 5.56 Å². The van der Waals surface area contributed by atoms with Crippen molar-refractivity contribution < 1.29 is 18.4 Å². The number of rotatable bonds is 10. The van der Waals surface area contributed by atoms with Crippen molar-refractivity contribution >= 4 is 39.5 Å². The molecule has 0 aliphatic carbocycles. The number of benzene rings is 1. The maximum absolute atomic E-state index is 12.8. The number of carbonyl (C=O) groups is 2. The first-order valence-corrected chi connectivity index (χ1v) is 10.7. The molecular weight excluding hydrogens is 454 g/mol. The molecule has 0 radical (unpaired) electrons. The lowest BCUT2D eigenvalue weighted by atomic mass is 10.1. The van der Waals surface area contributed by atoms with E-state index >= 15 is 0 Å². The zero-order valence-corrected chi connectivity index (χ0v) is 17.6. The molecule has 1 aromatic carbocycles. The van der Waals surface area contributed by atoms with Gasteiger partial charge < -0.3 is 10.6 Å². The third-order valence-electron chi connectivity index (χ3n) is 3.96. The fraction of sp³-hybridized carbons (Fsp3) is 0.389. The molecular formula is C18H21BrF2N4O2S. The van der Waals surface area contributed by atoms with Crippen LogP contribution in [0.5, 0.6) is 0 Å². The van der Waals surface area contributed by atoms with Crippen LogP contribution < -0.4 is 10.6 Å². The van der Waals surface area contributed by atoms with Crippen LogP contribution in [0.2, 0.25) is 0 Å². The van der Waals surface area contributed by atoms with Gasteiger partial charge in [-0.25, -0.2) is 4.98 Å². The molecule has 0 spiro atoms. The van der Waals surface area contributed by atoms with Crippen LogP contribution in [0.15, 0.2) is 41.1 Å². The van der Waals surface area contributed by atoms with Gasteiger partial charge in [-0.05, 0) is 46.5 Å². The van der Waals surface area contributed by atoms with E-state index in [9.17, 15) is 18.4 Å². The summed E-state index contributed by atoms with van der Waals surface area (Å²) in [5.74, 6) is 0.157. The summed E-state index contributed by atoms with van der Waals surface area (Å²) < 4.78 is 27.1. The maximum Gasteiger partial charge on any atom is 0.319 e. The first-order chi connectivity index (χ1) is 13.4. The second-order valence-electron chi connectivity index (χ2n) is 5.86. The average Bonchev–Trinajstić information content (AvgIpc) is 3.14. The van der Waals surface area contributed by atoms with E-state index in [1.165, 1.54) is 12.4 Å². The number of imidazole rings is 1. The zero-order chi connectivity index (χ0) is 20.5. The van der Waals surface area contributed by atoms with Crippen molar-refractivity contribution in [1.29, 1.82) is 0 Å². The summed E-state index contributed by atoms with van der Waals surface area (Å²) in [5, 5.41) is 5.44. The molecule has 0 saturated heterocycles. The molecule has 0 fully saturated rings. The number of halogens is 3. The smallest absolute Gasteiger partial charge is 0.319 e. The molecule has 1 aromatic heterocycles. The minimum absolute atomic E-state index is 0.142. The number of carbonyl (C=O) groups excluding carboxylic acids is 2. The molecule has 0 aliphatic heterocycles. The third-order valence-corrected chi connectivity index (χ3v) is 5.29. The van der Waals surface area contributed by atoms with Crippen LogP contribution in [0.3, 0.4) is 0 Å². The molecule has 0 aliphatic rings. The molecule has 0 bridgehead atoms. The number of hydrogen-bond acceptors (Lipinski definition) is 4. The molecule has 152 valence electrons. The van der Waals surface area contributed by atoms with E-state index in [0.717, 1.165) is 4.57 Å². The molecule has 0 saturated carbocycles. The monoisotopic (exact) mass is 474 g/mol. The Morgan fingerprint density at radius 3 is 2.75 bits per heavy atom. The molecule has 1 heterocycles. The largest absolute Gasteiger partial charge is 0.354 e. The van der Waals surface area contributed by atoms with Gasteiger partial charge in [0.15, 0.2) is 0 Å². The highest BCUT2D eigenvalue weighted by molar-refractivity contribution is 9.10. The lowest BCUT2D eigenvalue weighted by Crippen LogP contribution is -2.47. The van der Waals surface area contributed by atoms with E-state index in [2.05, 4.69) is 31.5 Å². The van der Waals surface area contributed by atoms with Gasteiger partial charge in [0, 0.05) is 29.8 Å². The van der Waals surface area contributed by atoms with Crippen LogP contribution in [0, 0.1) is 0 Å². The topological polar surface area (TPSA) is 76.0 Å². The van der Waals surface area contributed by atoms with Gasteiger partial charge in [0.25, 0.3) is 5.91 Å². The quantitative estimate of drug-likeness (QED) is 0.554. The van der Waals surface area contributed by atoms with Crippen molar-refractivity contribution in [2.45, 2.75) is 25.4 Å². The Hall–Kier alpha value is -1.94. The lowest BCUT2D eigenvalue weighted by molar-refractivity contribution is -0.123. The number of nitrogens with zero attached hydrogens (tertiary/aromatic N) is 2. The van der Waals surface area contributed by atoms with Gasteiger partial charge in [0.1, 0.15) is 11.9 Å². The molecule has 2 aromatic rings. The van der Waals surface area contributed by atoms with E-state index < -0.39 is 12.6 Å². The number of amides is 2. The summed E-state index contributed by atoms with van der Waals surface area (Å²) in [6.45, 7) is -2.53. The number of hydrogen-bond donors (Lipinski definition) is 2. The molecule has 2 amide bonds. The summed E-state index contributed by atoms with van der Waals surface area (Å²) in [7, 11) is 0. The third kappa shape index (κ3) is 6.30. The molecule has 10 heteroatoms. The van der Waals surface area contributed by atoms with Crippen LogP contribution in [-0.2, 0) is 11.2 Å². The van der Waals surface area contributed by atoms with Crippen LogP contribution in [-0.4, -0.2) is 46.0 Å². The second-order valence-corrected chi connectivity index (χ2v) is 7.70. The second kappa shape index (κ2) is 11.2. The number of aromatic nitrogens is 2. The van der Waals surface area contributed by atoms with Crippen LogP contribution in [0.1, 0.15) is 29.2 Å². The average molecular weight is 475 g/mol. The number of thioether (sulfide) groups is 1. The highest BCUT2D eigenvalue weighted by Gasteiger charge is 2.22. The Balaban J connectivity index is 1.95. The van der Waals surface area contributed by atoms with Gasteiger partial charge in [-0.1, -0.05) is 12.1 Å². The summed E-state index contributed by atoms with van der Waals surface area (Å²) in [5.41, 5.74) is 0.434. The van der Waals surface area contributed by atoms with E-state index in [4.69, 9.17) is 0 Å². The van der Waals surface area contributed by atoms with Crippen LogP contribution >= 0.6 is 27.7 Å². The van der Waals surface area contributed by atoms with Crippen molar-refractivity contribution in [3.63, 3.8) is 0 Å². The molecule has 1 atom stereocenters. The fourth-order valence-electron chi connectivity index (χ4n) is 2.52. The lowest BCUT2D eigenvalue weighted by Gasteiger charge is -2.18. The minimum Gasteiger partial charge on any atom is -0.354 e. The van der Waals surface area contributed by atoms with E-state index in [-0.39, 0.29) is 30.6 Å². The highest BCUT2D eigenvalue weighted by Crippen LogP contribution is 2.16. The standard InChI is InChI=1S/C18H21BrF2N4O2S/c1-28-11-7-14(24-16(26)12-4-2-3-5-13(12)19)17(27)23-8-6-15-22-9-10-25(15)18(20)21/h2-5,9-10,14,18H,6-8,11H2,1H3,(H,23,27)(H,24,26). The zero-order valence-electron chi connectivity index (χ0n) is 15.2. The summed E-state index contributed by atoms with van der Waals surface area (Å²) in [6, 6.07) is 6.22. The first kappa shape index (κ1) is 22.4. The van der Waals surface area contributed by atoms with Gasteiger partial charge in [-0.2, -0.15) is 20.5 Å². The summed E-state index contributed by atoms with van der Waals surface area (Å²) in [4.78, 5) is 28.9. The van der Waals surface area contributed by atoms with Gasteiger partial charge in [-0.3, -0.25) is 14.2 Å². The Labute approximate surface area is 174 Å². The van der Waals surface area contributed by atoms with Gasteiger partial charge >= 0.3 is 6.55 Å². The Bertz CT molecular complexity index is 803. The van der Waals surface area contributed by atoms with Crippen molar-refractivity contribution in [1.82, 2.24) is 20.2 Å². The molecule has 28 heavy (non-hydrogen) atoms. The first-order valence-electron chi connectivity index (χ1n) is 8.56. The van der Waals surface area contributed by atoms with Crippen LogP contribution in [0.4, 0.5) is 8.78 Å². The fourth-order valence-corrected chi connectivity index (χ4v) is 3.46. The molecule has 2 rings (SSSR count). The summed E-state index contributed by atoms with van der Waals surface area (Å²) >= 11 is 4.89. The van der Waals surface area contributed by atoms with Crippen LogP contribution in [0.25, 0.3) is 0 Å². The normalized spacial score (nSPS) is 12.0. The van der Waals surface area contributed by atoms with Crippen molar-refractivity contribution in [2.75, 3.05) is 18.6 Å². The minimum atomic E-state index is -2.67.